The van der Waals surface area contributed by atoms with Crippen LogP contribution in [0.2, 0.25) is 5.02 Å². The monoisotopic (exact) mass is 446 g/mol. The maximum Gasteiger partial charge on any atom is 0.255 e. The third-order valence-corrected chi connectivity index (χ3v) is 5.81. The molecule has 1 aromatic heterocycles. The van der Waals surface area contributed by atoms with E-state index in [-0.39, 0.29) is 16.6 Å². The minimum absolute atomic E-state index is 0.0401. The molecule has 2 aromatic carbocycles. The van der Waals surface area contributed by atoms with Gasteiger partial charge >= 0.3 is 0 Å². The second-order valence-electron chi connectivity index (χ2n) is 7.57. The fourth-order valence-corrected chi connectivity index (χ4v) is 3.78. The molecule has 0 N–H and O–H groups in total. The van der Waals surface area contributed by atoms with Crippen LogP contribution in [0, 0.1) is 18.6 Å². The number of hydrogen-bond donors (Lipinski definition) is 0. The zero-order chi connectivity index (χ0) is 22.1. The molecule has 1 saturated heterocycles. The molecular weight excluding hydrogens is 426 g/mol. The summed E-state index contributed by atoms with van der Waals surface area (Å²) < 4.78 is 32.3. The van der Waals surface area contributed by atoms with Gasteiger partial charge in [0.15, 0.2) is 11.6 Å². The molecule has 2 heterocycles. The Hall–Kier alpha value is -2.84. The molecule has 162 valence electrons. The summed E-state index contributed by atoms with van der Waals surface area (Å²) >= 11 is 5.94. The molecule has 1 aliphatic rings. The van der Waals surface area contributed by atoms with Crippen LogP contribution in [0.25, 0.3) is 11.4 Å². The van der Waals surface area contributed by atoms with Gasteiger partial charge in [-0.05, 0) is 26.0 Å². The summed E-state index contributed by atoms with van der Waals surface area (Å²) in [6.45, 7) is 5.94. The van der Waals surface area contributed by atoms with E-state index in [1.807, 2.05) is 38.1 Å². The van der Waals surface area contributed by atoms with Crippen molar-refractivity contribution < 1.29 is 18.1 Å². The number of hydrogen-bond acceptors (Lipinski definition) is 5. The molecule has 31 heavy (non-hydrogen) atoms. The highest BCUT2D eigenvalue weighted by Gasteiger charge is 2.29. The number of benzene rings is 2. The number of amides is 1. The first-order valence-corrected chi connectivity index (χ1v) is 10.3. The van der Waals surface area contributed by atoms with Crippen LogP contribution in [0.3, 0.4) is 0 Å². The zero-order valence-electron chi connectivity index (χ0n) is 17.1. The van der Waals surface area contributed by atoms with Crippen LogP contribution in [0.5, 0.6) is 0 Å². The fraction of sp³-hybridized carbons (Fsp3) is 0.318. The Bertz CT molecular complexity index is 1100. The van der Waals surface area contributed by atoms with Crippen LogP contribution < -0.4 is 0 Å². The molecule has 0 radical (unpaired) electrons. The molecule has 4 rings (SSSR count). The predicted molar refractivity (Wildman–Crippen MR) is 112 cm³/mol. The van der Waals surface area contributed by atoms with Crippen LogP contribution in [0.1, 0.15) is 34.8 Å². The largest absolute Gasteiger partial charge is 0.337 e. The van der Waals surface area contributed by atoms with E-state index in [0.29, 0.717) is 37.9 Å². The Kier molecular flexibility index (Phi) is 6.02. The lowest BCUT2D eigenvalue weighted by molar-refractivity contribution is 0.0551. The highest BCUT2D eigenvalue weighted by Crippen LogP contribution is 2.26. The number of piperazine rings is 1. The van der Waals surface area contributed by atoms with Crippen molar-refractivity contribution >= 4 is 17.5 Å². The molecule has 3 aromatic rings. The first-order valence-electron chi connectivity index (χ1n) is 9.92. The average molecular weight is 447 g/mol. The van der Waals surface area contributed by atoms with Crippen LogP contribution >= 0.6 is 11.6 Å². The van der Waals surface area contributed by atoms with Crippen LogP contribution in [0.15, 0.2) is 40.9 Å². The SMILES string of the molecule is Cc1ccc(-c2noc(C(C)N3CCN(C(=O)c4cc(F)c(F)cc4Cl)CC3)n2)cc1. The maximum absolute atomic E-state index is 13.6. The van der Waals surface area contributed by atoms with E-state index in [1.54, 1.807) is 4.90 Å². The van der Waals surface area contributed by atoms with Crippen molar-refractivity contribution in [2.24, 2.45) is 0 Å². The third-order valence-electron chi connectivity index (χ3n) is 5.50. The first kappa shape index (κ1) is 21.4. The molecule has 0 aliphatic carbocycles. The number of rotatable bonds is 4. The van der Waals surface area contributed by atoms with E-state index < -0.39 is 17.5 Å². The van der Waals surface area contributed by atoms with E-state index >= 15 is 0 Å². The molecule has 0 bridgehead atoms. The quantitative estimate of drug-likeness (QED) is 0.552. The second-order valence-corrected chi connectivity index (χ2v) is 7.98. The lowest BCUT2D eigenvalue weighted by Crippen LogP contribution is -2.49. The normalized spacial score (nSPS) is 15.8. The summed E-state index contributed by atoms with van der Waals surface area (Å²) in [5.74, 6) is -1.57. The van der Waals surface area contributed by atoms with Gasteiger partial charge in [-0.3, -0.25) is 9.69 Å². The number of halogens is 3. The van der Waals surface area contributed by atoms with Crippen LogP contribution in [-0.2, 0) is 0 Å². The molecular formula is C22H21ClF2N4O2. The summed E-state index contributed by atoms with van der Waals surface area (Å²) in [5.41, 5.74) is 1.99. The Morgan fingerprint density at radius 3 is 2.42 bits per heavy atom. The van der Waals surface area contributed by atoms with Crippen molar-refractivity contribution in [3.05, 3.63) is 70.1 Å². The van der Waals surface area contributed by atoms with Gasteiger partial charge in [-0.2, -0.15) is 4.98 Å². The van der Waals surface area contributed by atoms with Gasteiger partial charge in [0.05, 0.1) is 16.6 Å². The van der Waals surface area contributed by atoms with Crippen molar-refractivity contribution in [1.82, 2.24) is 19.9 Å². The standard InChI is InChI=1S/C22H21ClF2N4O2/c1-13-3-5-15(6-4-13)20-26-21(31-27-20)14(2)28-7-9-29(10-8-28)22(30)16-11-18(24)19(25)12-17(16)23/h3-6,11-12,14H,7-10H2,1-2H3. The van der Waals surface area contributed by atoms with Crippen molar-refractivity contribution in [2.45, 2.75) is 19.9 Å². The molecule has 0 spiro atoms. The Labute approximate surface area is 183 Å². The lowest BCUT2D eigenvalue weighted by atomic mass is 10.1. The number of aromatic nitrogens is 2. The molecule has 1 atom stereocenters. The highest BCUT2D eigenvalue weighted by atomic mass is 35.5. The van der Waals surface area contributed by atoms with E-state index in [9.17, 15) is 13.6 Å². The second kappa shape index (κ2) is 8.72. The van der Waals surface area contributed by atoms with Crippen molar-refractivity contribution in [1.29, 1.82) is 0 Å². The van der Waals surface area contributed by atoms with Crippen molar-refractivity contribution in [2.75, 3.05) is 26.2 Å². The lowest BCUT2D eigenvalue weighted by Gasteiger charge is -2.36. The molecule has 1 unspecified atom stereocenters. The third kappa shape index (κ3) is 4.45. The smallest absolute Gasteiger partial charge is 0.255 e. The Morgan fingerprint density at radius 2 is 1.74 bits per heavy atom. The van der Waals surface area contributed by atoms with Gasteiger partial charge in [-0.25, -0.2) is 8.78 Å². The summed E-state index contributed by atoms with van der Waals surface area (Å²) in [7, 11) is 0. The zero-order valence-corrected chi connectivity index (χ0v) is 17.9. The van der Waals surface area contributed by atoms with Crippen molar-refractivity contribution in [3.63, 3.8) is 0 Å². The van der Waals surface area contributed by atoms with E-state index in [1.165, 1.54) is 0 Å². The molecule has 6 nitrogen and oxygen atoms in total. The number of carbonyl (C=O) groups excluding carboxylic acids is 1. The predicted octanol–water partition coefficient (Wildman–Crippen LogP) is 4.50. The van der Waals surface area contributed by atoms with Gasteiger partial charge in [0.1, 0.15) is 0 Å². The van der Waals surface area contributed by atoms with Gasteiger partial charge in [0.25, 0.3) is 5.91 Å². The minimum Gasteiger partial charge on any atom is -0.337 e. The average Bonchev–Trinajstić information content (AvgIpc) is 3.26. The summed E-state index contributed by atoms with van der Waals surface area (Å²) in [4.78, 5) is 20.9. The Morgan fingerprint density at radius 1 is 1.10 bits per heavy atom. The summed E-state index contributed by atoms with van der Waals surface area (Å²) in [6, 6.07) is 9.42. The Balaban J connectivity index is 1.40. The molecule has 1 aliphatic heterocycles. The van der Waals surface area contributed by atoms with Crippen molar-refractivity contribution in [3.8, 4) is 11.4 Å². The highest BCUT2D eigenvalue weighted by molar-refractivity contribution is 6.33. The van der Waals surface area contributed by atoms with Gasteiger partial charge in [0, 0.05) is 31.7 Å². The molecule has 1 fully saturated rings. The summed E-state index contributed by atoms with van der Waals surface area (Å²) in [5, 5.41) is 3.98. The number of aryl methyl sites for hydroxylation is 1. The molecule has 0 saturated carbocycles. The van der Waals surface area contributed by atoms with Gasteiger partial charge in [0.2, 0.25) is 11.7 Å². The summed E-state index contributed by atoms with van der Waals surface area (Å²) in [6.07, 6.45) is 0. The van der Waals surface area contributed by atoms with Gasteiger partial charge in [-0.15, -0.1) is 0 Å². The van der Waals surface area contributed by atoms with E-state index in [2.05, 4.69) is 15.0 Å². The van der Waals surface area contributed by atoms with Gasteiger partial charge in [-0.1, -0.05) is 46.6 Å². The van der Waals surface area contributed by atoms with E-state index in [4.69, 9.17) is 16.1 Å². The van der Waals surface area contributed by atoms with Crippen LogP contribution in [-0.4, -0.2) is 52.0 Å². The maximum atomic E-state index is 13.6. The van der Waals surface area contributed by atoms with Crippen LogP contribution in [0.4, 0.5) is 8.78 Å². The molecule has 1 amide bonds. The fourth-order valence-electron chi connectivity index (χ4n) is 3.55. The van der Waals surface area contributed by atoms with E-state index in [0.717, 1.165) is 23.3 Å². The topological polar surface area (TPSA) is 62.5 Å². The molecule has 9 heteroatoms. The number of carbonyl (C=O) groups is 1. The number of nitrogens with zero attached hydrogens (tertiary/aromatic N) is 4. The first-order chi connectivity index (χ1) is 14.8. The minimum atomic E-state index is -1.10. The van der Waals surface area contributed by atoms with Gasteiger partial charge < -0.3 is 9.42 Å².